The summed E-state index contributed by atoms with van der Waals surface area (Å²) in [6.07, 6.45) is 3.04. The van der Waals surface area contributed by atoms with Crippen LogP contribution in [-0.4, -0.2) is 65.6 Å². The normalized spacial score (nSPS) is 27.3. The monoisotopic (exact) mass is 499 g/mol. The first-order chi connectivity index (χ1) is 15.1. The van der Waals surface area contributed by atoms with Crippen molar-refractivity contribution in [3.8, 4) is 0 Å². The van der Waals surface area contributed by atoms with Gasteiger partial charge in [-0.05, 0) is 55.0 Å². The number of rotatable bonds is 5. The predicted molar refractivity (Wildman–Crippen MR) is 125 cm³/mol. The number of likely N-dealkylation sites (tertiary alicyclic amines) is 1. The fraction of sp³-hybridized carbons (Fsp3) is 0.609. The molecule has 2 aliphatic heterocycles. The molecule has 1 aliphatic carbocycles. The van der Waals surface area contributed by atoms with E-state index in [2.05, 4.69) is 5.32 Å². The number of likely N-dealkylation sites (N-methyl/N-ethyl adjacent to an activating group) is 1. The third-order valence-corrected chi connectivity index (χ3v) is 8.62. The molecule has 6 nitrogen and oxygen atoms in total. The zero-order valence-electron chi connectivity index (χ0n) is 18.3. The van der Waals surface area contributed by atoms with Crippen LogP contribution in [0.15, 0.2) is 18.2 Å². The molecule has 0 unspecified atom stereocenters. The maximum Gasteiger partial charge on any atom is 0.317 e. The lowest BCUT2D eigenvalue weighted by Gasteiger charge is -2.44. The molecule has 1 saturated carbocycles. The molecule has 0 aromatic heterocycles. The van der Waals surface area contributed by atoms with E-state index < -0.39 is 10.9 Å². The standard InChI is InChI=1S/C23H28Cl3N3O3/c1-22(7-8-22)20(31)29-9-5-14(6-10-29)19(30)23(28(2)21(26)32)13-27-12-16(23)15-3-4-17(24)18(25)11-15/h3-4,11,14,16,27H,5-10,12-13H2,1-2H3/t16-,23+/m1/s1. The second-order valence-corrected chi connectivity index (χ2v) is 10.7. The number of carbonyl (C=O) groups excluding carboxylic acids is 3. The van der Waals surface area contributed by atoms with Gasteiger partial charge in [0, 0.05) is 50.5 Å². The Balaban J connectivity index is 1.60. The summed E-state index contributed by atoms with van der Waals surface area (Å²) in [4.78, 5) is 42.3. The Labute approximate surface area is 203 Å². The van der Waals surface area contributed by atoms with E-state index in [4.69, 9.17) is 34.8 Å². The van der Waals surface area contributed by atoms with Crippen molar-refractivity contribution in [1.82, 2.24) is 15.1 Å². The first-order valence-electron chi connectivity index (χ1n) is 11.0. The molecule has 0 spiro atoms. The molecule has 2 heterocycles. The number of halogens is 3. The van der Waals surface area contributed by atoms with Gasteiger partial charge in [0.05, 0.1) is 10.0 Å². The van der Waals surface area contributed by atoms with Crippen molar-refractivity contribution in [3.63, 3.8) is 0 Å². The van der Waals surface area contributed by atoms with Crippen LogP contribution in [0.4, 0.5) is 4.79 Å². The number of benzene rings is 1. The second kappa shape index (κ2) is 8.79. The Morgan fingerprint density at radius 3 is 2.34 bits per heavy atom. The van der Waals surface area contributed by atoms with Gasteiger partial charge in [-0.2, -0.15) is 0 Å². The van der Waals surface area contributed by atoms with Crippen LogP contribution >= 0.6 is 34.8 Å². The zero-order valence-corrected chi connectivity index (χ0v) is 20.6. The Morgan fingerprint density at radius 2 is 1.78 bits per heavy atom. The largest absolute Gasteiger partial charge is 0.342 e. The molecule has 2 amide bonds. The summed E-state index contributed by atoms with van der Waals surface area (Å²) in [5.74, 6) is -0.389. The van der Waals surface area contributed by atoms with Gasteiger partial charge in [0.25, 0.3) is 0 Å². The van der Waals surface area contributed by atoms with E-state index in [-0.39, 0.29) is 28.9 Å². The topological polar surface area (TPSA) is 69.7 Å². The maximum atomic E-state index is 14.0. The quantitative estimate of drug-likeness (QED) is 0.483. The summed E-state index contributed by atoms with van der Waals surface area (Å²) in [6.45, 7) is 3.94. The zero-order chi connectivity index (χ0) is 23.3. The number of nitrogens with one attached hydrogen (secondary N) is 1. The Kier molecular flexibility index (Phi) is 6.54. The molecule has 2 atom stereocenters. The van der Waals surface area contributed by atoms with Gasteiger partial charge in [0.2, 0.25) is 5.91 Å². The van der Waals surface area contributed by atoms with E-state index in [9.17, 15) is 14.4 Å². The van der Waals surface area contributed by atoms with Crippen molar-refractivity contribution >= 4 is 51.9 Å². The van der Waals surface area contributed by atoms with Crippen LogP contribution in [0, 0.1) is 11.3 Å². The molecular formula is C23H28Cl3N3O3. The molecular weight excluding hydrogens is 473 g/mol. The van der Waals surface area contributed by atoms with Crippen LogP contribution in [0.1, 0.15) is 44.1 Å². The lowest BCUT2D eigenvalue weighted by molar-refractivity contribution is -0.141. The van der Waals surface area contributed by atoms with Crippen LogP contribution in [0.5, 0.6) is 0 Å². The van der Waals surface area contributed by atoms with Gasteiger partial charge in [-0.1, -0.05) is 36.2 Å². The molecule has 0 radical (unpaired) electrons. The van der Waals surface area contributed by atoms with Crippen LogP contribution in [0.25, 0.3) is 0 Å². The van der Waals surface area contributed by atoms with E-state index in [1.54, 1.807) is 19.2 Å². The molecule has 4 rings (SSSR count). The fourth-order valence-corrected chi connectivity index (χ4v) is 5.69. The number of Topliss-reactive ketones (excluding diaryl/α,β-unsaturated/α-hetero) is 1. The summed E-state index contributed by atoms with van der Waals surface area (Å²) >= 11 is 18.3. The van der Waals surface area contributed by atoms with Gasteiger partial charge in [-0.15, -0.1) is 0 Å². The Morgan fingerprint density at radius 1 is 1.12 bits per heavy atom. The summed E-state index contributed by atoms with van der Waals surface area (Å²) < 4.78 is 0. The molecule has 9 heteroatoms. The van der Waals surface area contributed by atoms with Gasteiger partial charge in [-0.25, -0.2) is 0 Å². The van der Waals surface area contributed by atoms with E-state index in [1.165, 1.54) is 4.90 Å². The van der Waals surface area contributed by atoms with Crippen molar-refractivity contribution in [3.05, 3.63) is 33.8 Å². The fourth-order valence-electron chi connectivity index (χ4n) is 5.24. The van der Waals surface area contributed by atoms with Crippen LogP contribution < -0.4 is 5.32 Å². The minimum absolute atomic E-state index is 0.0141. The highest BCUT2D eigenvalue weighted by atomic mass is 35.5. The smallest absolute Gasteiger partial charge is 0.317 e. The molecule has 2 saturated heterocycles. The first kappa shape index (κ1) is 23.8. The van der Waals surface area contributed by atoms with Crippen LogP contribution in [0.2, 0.25) is 10.0 Å². The van der Waals surface area contributed by atoms with Crippen molar-refractivity contribution in [2.24, 2.45) is 11.3 Å². The summed E-state index contributed by atoms with van der Waals surface area (Å²) in [6, 6.07) is 5.31. The van der Waals surface area contributed by atoms with Crippen molar-refractivity contribution in [2.45, 2.75) is 44.1 Å². The third-order valence-electron chi connectivity index (χ3n) is 7.62. The second-order valence-electron chi connectivity index (χ2n) is 9.58. The Hall–Kier alpha value is -1.34. The highest BCUT2D eigenvalue weighted by molar-refractivity contribution is 6.63. The number of piperidine rings is 1. The van der Waals surface area contributed by atoms with Gasteiger partial charge in [-0.3, -0.25) is 14.4 Å². The molecule has 174 valence electrons. The Bertz CT molecular complexity index is 944. The van der Waals surface area contributed by atoms with Gasteiger partial charge in [0.1, 0.15) is 5.54 Å². The maximum absolute atomic E-state index is 14.0. The minimum Gasteiger partial charge on any atom is -0.342 e. The molecule has 1 aromatic rings. The van der Waals surface area contributed by atoms with E-state index >= 15 is 0 Å². The number of hydrogen-bond donors (Lipinski definition) is 1. The van der Waals surface area contributed by atoms with E-state index in [0.29, 0.717) is 49.1 Å². The van der Waals surface area contributed by atoms with Gasteiger partial charge < -0.3 is 15.1 Å². The number of ketones is 1. The van der Waals surface area contributed by atoms with E-state index in [0.717, 1.165) is 18.4 Å². The van der Waals surface area contributed by atoms with Crippen molar-refractivity contribution in [2.75, 3.05) is 33.2 Å². The molecule has 32 heavy (non-hydrogen) atoms. The lowest BCUT2D eigenvalue weighted by Crippen LogP contribution is -2.61. The summed E-state index contributed by atoms with van der Waals surface area (Å²) in [7, 11) is 1.58. The average Bonchev–Trinajstić information content (AvgIpc) is 3.38. The lowest BCUT2D eigenvalue weighted by atomic mass is 9.72. The van der Waals surface area contributed by atoms with Crippen molar-refractivity contribution in [1.29, 1.82) is 0 Å². The molecule has 1 aromatic carbocycles. The van der Waals surface area contributed by atoms with Crippen molar-refractivity contribution < 1.29 is 14.4 Å². The third kappa shape index (κ3) is 4.04. The SMILES string of the molecule is CN(C(=O)Cl)[C@@]1(C(=O)C2CCN(C(=O)C3(C)CC3)CC2)CNC[C@@H]1c1ccc(Cl)c(Cl)c1. The van der Waals surface area contributed by atoms with Crippen LogP contribution in [0.3, 0.4) is 0 Å². The summed E-state index contributed by atoms with van der Waals surface area (Å²) in [5.41, 5.74) is -0.510. The highest BCUT2D eigenvalue weighted by Crippen LogP contribution is 2.47. The number of nitrogens with zero attached hydrogens (tertiary/aromatic N) is 2. The number of hydrogen-bond acceptors (Lipinski definition) is 4. The first-order valence-corrected chi connectivity index (χ1v) is 12.2. The average molecular weight is 501 g/mol. The van der Waals surface area contributed by atoms with Gasteiger partial charge >= 0.3 is 5.37 Å². The van der Waals surface area contributed by atoms with Crippen LogP contribution in [-0.2, 0) is 9.59 Å². The number of carbonyl (C=O) groups is 3. The highest BCUT2D eigenvalue weighted by Gasteiger charge is 2.56. The van der Waals surface area contributed by atoms with E-state index in [1.807, 2.05) is 17.9 Å². The van der Waals surface area contributed by atoms with Gasteiger partial charge in [0.15, 0.2) is 5.78 Å². The molecule has 0 bridgehead atoms. The molecule has 3 fully saturated rings. The molecule has 1 N–H and O–H groups in total. The molecule has 3 aliphatic rings. The predicted octanol–water partition coefficient (Wildman–Crippen LogP) is 4.32. The minimum atomic E-state index is -1.13. The number of amides is 2. The summed E-state index contributed by atoms with van der Waals surface area (Å²) in [5, 5.41) is 3.45.